The fourth-order valence-electron chi connectivity index (χ4n) is 2.16. The fraction of sp³-hybridized carbons (Fsp3) is 0.533. The van der Waals surface area contributed by atoms with Crippen molar-refractivity contribution >= 4 is 21.6 Å². The predicted molar refractivity (Wildman–Crippen MR) is 84.6 cm³/mol. The van der Waals surface area contributed by atoms with E-state index in [1.807, 2.05) is 0 Å². The minimum Gasteiger partial charge on any atom is -0.326 e. The molecule has 0 aromatic heterocycles. The van der Waals surface area contributed by atoms with Crippen LogP contribution < -0.4 is 10.5 Å². The summed E-state index contributed by atoms with van der Waals surface area (Å²) in [5.74, 6) is -0.0470. The number of benzene rings is 1. The Morgan fingerprint density at radius 2 is 1.86 bits per heavy atom. The van der Waals surface area contributed by atoms with Gasteiger partial charge in [-0.1, -0.05) is 32.6 Å². The van der Waals surface area contributed by atoms with Gasteiger partial charge in [-0.15, -0.1) is 0 Å². The maximum atomic E-state index is 11.8. The lowest BCUT2D eigenvalue weighted by Gasteiger charge is -2.08. The van der Waals surface area contributed by atoms with Gasteiger partial charge in [0, 0.05) is 12.1 Å². The predicted octanol–water partition coefficient (Wildman–Crippen LogP) is 2.94. The molecule has 5 nitrogen and oxygen atoms in total. The number of primary sulfonamides is 1. The standard InChI is InChI=1S/C15H24N2O3S/c1-3-4-5-6-7-8-15(18)17-13-9-10-14(12(2)11-13)21(16,19)20/h9-11H,3-8H2,1-2H3,(H,17,18)(H2,16,19,20). The second-order valence-corrected chi connectivity index (χ2v) is 6.77. The smallest absolute Gasteiger partial charge is 0.238 e. The molecule has 0 aliphatic heterocycles. The first kappa shape index (κ1) is 17.7. The Morgan fingerprint density at radius 3 is 2.43 bits per heavy atom. The minimum atomic E-state index is -3.71. The lowest BCUT2D eigenvalue weighted by molar-refractivity contribution is -0.116. The number of hydrogen-bond donors (Lipinski definition) is 2. The Bertz CT molecular complexity index is 583. The molecule has 1 aromatic carbocycles. The topological polar surface area (TPSA) is 89.3 Å². The molecule has 1 aromatic rings. The van der Waals surface area contributed by atoms with E-state index in [4.69, 9.17) is 5.14 Å². The number of sulfonamides is 1. The number of amides is 1. The second kappa shape index (κ2) is 8.14. The molecular formula is C15H24N2O3S. The monoisotopic (exact) mass is 312 g/mol. The van der Waals surface area contributed by atoms with E-state index in [9.17, 15) is 13.2 Å². The van der Waals surface area contributed by atoms with E-state index in [0.29, 0.717) is 17.7 Å². The molecule has 21 heavy (non-hydrogen) atoms. The van der Waals surface area contributed by atoms with Crippen LogP contribution in [0.15, 0.2) is 23.1 Å². The molecular weight excluding hydrogens is 288 g/mol. The molecule has 0 fully saturated rings. The van der Waals surface area contributed by atoms with Gasteiger partial charge in [0.2, 0.25) is 15.9 Å². The zero-order valence-corrected chi connectivity index (χ0v) is 13.5. The summed E-state index contributed by atoms with van der Waals surface area (Å²) < 4.78 is 22.6. The Kier molecular flexibility index (Phi) is 6.84. The van der Waals surface area contributed by atoms with Crippen molar-refractivity contribution in [1.82, 2.24) is 0 Å². The van der Waals surface area contributed by atoms with Gasteiger partial charge in [-0.2, -0.15) is 0 Å². The number of anilines is 1. The van der Waals surface area contributed by atoms with Gasteiger partial charge < -0.3 is 5.32 Å². The molecule has 0 aliphatic carbocycles. The van der Waals surface area contributed by atoms with Gasteiger partial charge in [0.15, 0.2) is 0 Å². The SMILES string of the molecule is CCCCCCCC(=O)Nc1ccc(S(N)(=O)=O)c(C)c1. The Morgan fingerprint density at radius 1 is 1.19 bits per heavy atom. The maximum Gasteiger partial charge on any atom is 0.238 e. The van der Waals surface area contributed by atoms with Crippen LogP contribution in [0.3, 0.4) is 0 Å². The molecule has 0 atom stereocenters. The summed E-state index contributed by atoms with van der Waals surface area (Å²) in [7, 11) is -3.71. The van der Waals surface area contributed by atoms with E-state index >= 15 is 0 Å². The molecule has 0 bridgehead atoms. The largest absolute Gasteiger partial charge is 0.326 e. The van der Waals surface area contributed by atoms with Crippen molar-refractivity contribution in [3.8, 4) is 0 Å². The highest BCUT2D eigenvalue weighted by Crippen LogP contribution is 2.18. The van der Waals surface area contributed by atoms with Crippen LogP contribution in [0, 0.1) is 6.92 Å². The first-order chi connectivity index (χ1) is 9.84. The first-order valence-electron chi connectivity index (χ1n) is 7.28. The van der Waals surface area contributed by atoms with Crippen molar-refractivity contribution in [2.24, 2.45) is 5.14 Å². The average molecular weight is 312 g/mol. The molecule has 0 spiro atoms. The molecule has 0 saturated heterocycles. The van der Waals surface area contributed by atoms with E-state index in [1.54, 1.807) is 19.1 Å². The summed E-state index contributed by atoms with van der Waals surface area (Å²) in [6.07, 6.45) is 5.97. The van der Waals surface area contributed by atoms with Crippen LogP contribution in [-0.2, 0) is 14.8 Å². The molecule has 0 radical (unpaired) electrons. The van der Waals surface area contributed by atoms with Crippen LogP contribution in [0.5, 0.6) is 0 Å². The van der Waals surface area contributed by atoms with Gasteiger partial charge in [0.05, 0.1) is 4.90 Å². The second-order valence-electron chi connectivity index (χ2n) is 5.24. The number of nitrogens with two attached hydrogens (primary N) is 1. The lowest BCUT2D eigenvalue weighted by Crippen LogP contribution is -2.15. The number of rotatable bonds is 8. The highest BCUT2D eigenvalue weighted by atomic mass is 32.2. The number of carbonyl (C=O) groups excluding carboxylic acids is 1. The van der Waals surface area contributed by atoms with Crippen LogP contribution in [-0.4, -0.2) is 14.3 Å². The van der Waals surface area contributed by atoms with Gasteiger partial charge in [-0.25, -0.2) is 13.6 Å². The molecule has 3 N–H and O–H groups in total. The lowest BCUT2D eigenvalue weighted by atomic mass is 10.1. The Balaban J connectivity index is 2.52. The molecule has 0 saturated carbocycles. The summed E-state index contributed by atoms with van der Waals surface area (Å²) >= 11 is 0. The summed E-state index contributed by atoms with van der Waals surface area (Å²) in [4.78, 5) is 11.9. The fourth-order valence-corrected chi connectivity index (χ4v) is 2.92. The average Bonchev–Trinajstić information content (AvgIpc) is 2.37. The van der Waals surface area contributed by atoms with Gasteiger partial charge in [0.1, 0.15) is 0 Å². The number of unbranched alkanes of at least 4 members (excludes halogenated alkanes) is 4. The first-order valence-corrected chi connectivity index (χ1v) is 8.82. The molecule has 0 aliphatic rings. The van der Waals surface area contributed by atoms with Gasteiger partial charge in [0.25, 0.3) is 0 Å². The quantitative estimate of drug-likeness (QED) is 0.723. The molecule has 0 heterocycles. The van der Waals surface area contributed by atoms with Crippen LogP contribution in [0.25, 0.3) is 0 Å². The number of hydrogen-bond acceptors (Lipinski definition) is 3. The van der Waals surface area contributed by atoms with Gasteiger partial charge >= 0.3 is 0 Å². The van der Waals surface area contributed by atoms with Crippen molar-refractivity contribution in [2.45, 2.75) is 57.3 Å². The van der Waals surface area contributed by atoms with Crippen molar-refractivity contribution in [3.05, 3.63) is 23.8 Å². The summed E-state index contributed by atoms with van der Waals surface area (Å²) in [5, 5.41) is 7.88. The summed E-state index contributed by atoms with van der Waals surface area (Å²) in [6.45, 7) is 3.81. The van der Waals surface area contributed by atoms with Crippen LogP contribution >= 0.6 is 0 Å². The van der Waals surface area contributed by atoms with E-state index in [0.717, 1.165) is 19.3 Å². The highest BCUT2D eigenvalue weighted by Gasteiger charge is 2.12. The third-order valence-electron chi connectivity index (χ3n) is 3.27. The zero-order chi connectivity index (χ0) is 15.9. The third-order valence-corrected chi connectivity index (χ3v) is 4.34. The van der Waals surface area contributed by atoms with E-state index in [-0.39, 0.29) is 10.8 Å². The van der Waals surface area contributed by atoms with Crippen molar-refractivity contribution < 1.29 is 13.2 Å². The third kappa shape index (κ3) is 6.27. The molecule has 0 unspecified atom stereocenters. The van der Waals surface area contributed by atoms with Crippen molar-refractivity contribution in [2.75, 3.05) is 5.32 Å². The highest BCUT2D eigenvalue weighted by molar-refractivity contribution is 7.89. The van der Waals surface area contributed by atoms with Crippen LogP contribution in [0.4, 0.5) is 5.69 Å². The summed E-state index contributed by atoms with van der Waals surface area (Å²) in [5.41, 5.74) is 1.12. The normalized spacial score (nSPS) is 11.4. The maximum absolute atomic E-state index is 11.8. The summed E-state index contributed by atoms with van der Waals surface area (Å²) in [6, 6.07) is 4.60. The zero-order valence-electron chi connectivity index (χ0n) is 12.7. The van der Waals surface area contributed by atoms with E-state index < -0.39 is 10.0 Å². The van der Waals surface area contributed by atoms with Crippen molar-refractivity contribution in [1.29, 1.82) is 0 Å². The van der Waals surface area contributed by atoms with E-state index in [1.165, 1.54) is 18.9 Å². The molecule has 6 heteroatoms. The minimum absolute atomic E-state index is 0.0470. The Hall–Kier alpha value is -1.40. The van der Waals surface area contributed by atoms with Crippen molar-refractivity contribution in [3.63, 3.8) is 0 Å². The Labute approximate surface area is 127 Å². The van der Waals surface area contributed by atoms with Gasteiger partial charge in [-0.05, 0) is 37.1 Å². The van der Waals surface area contributed by atoms with Crippen LogP contribution in [0.1, 0.15) is 51.0 Å². The molecule has 118 valence electrons. The number of aryl methyl sites for hydroxylation is 1. The number of carbonyl (C=O) groups is 1. The van der Waals surface area contributed by atoms with Gasteiger partial charge in [-0.3, -0.25) is 4.79 Å². The molecule has 1 rings (SSSR count). The van der Waals surface area contributed by atoms with Crippen LogP contribution in [0.2, 0.25) is 0 Å². The molecule has 1 amide bonds. The number of nitrogens with one attached hydrogen (secondary N) is 1. The van der Waals surface area contributed by atoms with E-state index in [2.05, 4.69) is 12.2 Å².